The molecule has 0 saturated carbocycles. The van der Waals surface area contributed by atoms with Gasteiger partial charge in [-0.3, -0.25) is 9.89 Å². The van der Waals surface area contributed by atoms with E-state index < -0.39 is 0 Å². The zero-order valence-corrected chi connectivity index (χ0v) is 17.1. The average Bonchev–Trinajstić information content (AvgIpc) is 3.33. The molecule has 4 rings (SSSR count). The summed E-state index contributed by atoms with van der Waals surface area (Å²) in [6.45, 7) is 0.257. The summed E-state index contributed by atoms with van der Waals surface area (Å²) in [6, 6.07) is 18.6. The van der Waals surface area contributed by atoms with Crippen LogP contribution in [-0.2, 0) is 6.54 Å². The molecular weight excluding hydrogens is 394 g/mol. The molecule has 1 amide bonds. The molecule has 0 fully saturated rings. The Morgan fingerprint density at radius 2 is 1.77 bits per heavy atom. The molecule has 0 bridgehead atoms. The molecule has 31 heavy (non-hydrogen) atoms. The highest BCUT2D eigenvalue weighted by atomic mass is 16.5. The minimum Gasteiger partial charge on any atom is -0.497 e. The molecule has 8 heteroatoms. The number of para-hydroxylation sites is 1. The zero-order chi connectivity index (χ0) is 21.6. The van der Waals surface area contributed by atoms with Crippen LogP contribution in [0.5, 0.6) is 11.5 Å². The van der Waals surface area contributed by atoms with Gasteiger partial charge in [-0.05, 0) is 48.5 Å². The molecule has 0 aliphatic rings. The van der Waals surface area contributed by atoms with Gasteiger partial charge in [-0.25, -0.2) is 9.97 Å². The van der Waals surface area contributed by atoms with Gasteiger partial charge >= 0.3 is 0 Å². The first-order chi connectivity index (χ1) is 15.2. The van der Waals surface area contributed by atoms with Crippen LogP contribution in [0.2, 0.25) is 0 Å². The van der Waals surface area contributed by atoms with E-state index >= 15 is 0 Å². The van der Waals surface area contributed by atoms with Crippen LogP contribution in [-0.4, -0.2) is 40.3 Å². The van der Waals surface area contributed by atoms with Gasteiger partial charge in [-0.2, -0.15) is 5.10 Å². The predicted molar refractivity (Wildman–Crippen MR) is 116 cm³/mol. The van der Waals surface area contributed by atoms with Crippen molar-refractivity contribution in [3.63, 3.8) is 0 Å². The van der Waals surface area contributed by atoms with Gasteiger partial charge in [-0.15, -0.1) is 0 Å². The number of carbonyl (C=O) groups is 1. The molecule has 0 aliphatic carbocycles. The molecule has 2 heterocycles. The third kappa shape index (κ3) is 4.53. The lowest BCUT2D eigenvalue weighted by molar-refractivity contribution is 0.0945. The van der Waals surface area contributed by atoms with Crippen molar-refractivity contribution in [2.24, 2.45) is 0 Å². The van der Waals surface area contributed by atoms with Crippen molar-refractivity contribution in [1.82, 2.24) is 25.5 Å². The summed E-state index contributed by atoms with van der Waals surface area (Å²) in [7, 11) is 3.22. The van der Waals surface area contributed by atoms with Crippen LogP contribution in [0.25, 0.3) is 22.5 Å². The van der Waals surface area contributed by atoms with E-state index in [4.69, 9.17) is 9.47 Å². The van der Waals surface area contributed by atoms with Gasteiger partial charge in [0.05, 0.1) is 37.8 Å². The minimum atomic E-state index is -0.279. The number of hydrogen-bond acceptors (Lipinski definition) is 6. The number of H-pyrrole nitrogens is 1. The maximum absolute atomic E-state index is 12.6. The molecule has 0 spiro atoms. The van der Waals surface area contributed by atoms with E-state index in [-0.39, 0.29) is 12.5 Å². The number of rotatable bonds is 7. The Morgan fingerprint density at radius 1 is 0.968 bits per heavy atom. The van der Waals surface area contributed by atoms with E-state index in [9.17, 15) is 4.79 Å². The molecule has 2 aromatic carbocycles. The number of amides is 1. The molecule has 8 nitrogen and oxygen atoms in total. The lowest BCUT2D eigenvalue weighted by Crippen LogP contribution is -2.23. The maximum Gasteiger partial charge on any atom is 0.269 e. The number of nitrogens with one attached hydrogen (secondary N) is 2. The normalized spacial score (nSPS) is 10.5. The van der Waals surface area contributed by atoms with Crippen molar-refractivity contribution < 1.29 is 14.3 Å². The number of ether oxygens (including phenoxy) is 2. The van der Waals surface area contributed by atoms with Crippen LogP contribution >= 0.6 is 0 Å². The summed E-state index contributed by atoms with van der Waals surface area (Å²) in [6.07, 6.45) is 1.48. The van der Waals surface area contributed by atoms with E-state index in [1.54, 1.807) is 20.3 Å². The highest BCUT2D eigenvalue weighted by molar-refractivity contribution is 5.93. The fourth-order valence-electron chi connectivity index (χ4n) is 3.11. The Labute approximate surface area is 179 Å². The summed E-state index contributed by atoms with van der Waals surface area (Å²) in [4.78, 5) is 21.1. The van der Waals surface area contributed by atoms with E-state index in [2.05, 4.69) is 25.5 Å². The van der Waals surface area contributed by atoms with E-state index in [0.29, 0.717) is 22.8 Å². The Bertz CT molecular complexity index is 1190. The van der Waals surface area contributed by atoms with Crippen molar-refractivity contribution >= 4 is 5.91 Å². The van der Waals surface area contributed by atoms with Crippen molar-refractivity contribution in [3.05, 3.63) is 78.4 Å². The molecule has 4 aromatic rings. The van der Waals surface area contributed by atoms with Gasteiger partial charge in [-0.1, -0.05) is 12.1 Å². The van der Waals surface area contributed by atoms with Crippen LogP contribution in [0.3, 0.4) is 0 Å². The molecule has 0 radical (unpaired) electrons. The summed E-state index contributed by atoms with van der Waals surface area (Å²) in [5.74, 6) is 1.18. The fourth-order valence-corrected chi connectivity index (χ4v) is 3.11. The van der Waals surface area contributed by atoms with Gasteiger partial charge in [0.25, 0.3) is 5.91 Å². The van der Waals surface area contributed by atoms with Gasteiger partial charge in [0.1, 0.15) is 23.5 Å². The summed E-state index contributed by atoms with van der Waals surface area (Å²) in [5.41, 5.74) is 4.18. The highest BCUT2D eigenvalue weighted by Gasteiger charge is 2.14. The Morgan fingerprint density at radius 3 is 2.55 bits per heavy atom. The second kappa shape index (κ2) is 9.08. The number of aromatic nitrogens is 4. The van der Waals surface area contributed by atoms with Gasteiger partial charge in [0.15, 0.2) is 0 Å². The van der Waals surface area contributed by atoms with Crippen LogP contribution in [0, 0.1) is 0 Å². The van der Waals surface area contributed by atoms with Gasteiger partial charge in [0.2, 0.25) is 0 Å². The Hall–Kier alpha value is -4.20. The Balaban J connectivity index is 1.44. The monoisotopic (exact) mass is 415 g/mol. The summed E-state index contributed by atoms with van der Waals surface area (Å²) in [5, 5.41) is 9.87. The third-order valence-electron chi connectivity index (χ3n) is 4.74. The SMILES string of the molecule is COc1ccc(-c2cc(CNC(=O)c3cc(-c4ccccc4OC)n[nH]3)ncn2)cc1. The van der Waals surface area contributed by atoms with Gasteiger partial charge in [0, 0.05) is 11.1 Å². The second-order valence-electron chi connectivity index (χ2n) is 6.67. The van der Waals surface area contributed by atoms with Crippen LogP contribution in [0.4, 0.5) is 0 Å². The van der Waals surface area contributed by atoms with Crippen molar-refractivity contribution in [2.75, 3.05) is 14.2 Å². The number of hydrogen-bond donors (Lipinski definition) is 2. The number of aromatic amines is 1. The smallest absolute Gasteiger partial charge is 0.269 e. The molecule has 0 saturated heterocycles. The predicted octanol–water partition coefficient (Wildman–Crippen LogP) is 3.48. The number of methoxy groups -OCH3 is 2. The second-order valence-corrected chi connectivity index (χ2v) is 6.67. The van der Waals surface area contributed by atoms with Crippen LogP contribution in [0.15, 0.2) is 67.0 Å². The van der Waals surface area contributed by atoms with Crippen molar-refractivity contribution in [1.29, 1.82) is 0 Å². The topological polar surface area (TPSA) is 102 Å². The van der Waals surface area contributed by atoms with Crippen LogP contribution in [0.1, 0.15) is 16.2 Å². The largest absolute Gasteiger partial charge is 0.497 e. The molecular formula is C23H21N5O3. The quantitative estimate of drug-likeness (QED) is 0.479. The molecule has 2 aromatic heterocycles. The van der Waals surface area contributed by atoms with Crippen molar-refractivity contribution in [3.8, 4) is 34.0 Å². The first-order valence-corrected chi connectivity index (χ1v) is 9.60. The first kappa shape index (κ1) is 20.1. The number of carbonyl (C=O) groups excluding carboxylic acids is 1. The highest BCUT2D eigenvalue weighted by Crippen LogP contribution is 2.28. The first-order valence-electron chi connectivity index (χ1n) is 9.60. The number of nitrogens with zero attached hydrogens (tertiary/aromatic N) is 3. The van der Waals surface area contributed by atoms with E-state index in [1.807, 2.05) is 54.6 Å². The standard InChI is InChI=1S/C23H21N5O3/c1-30-17-9-7-15(8-10-17)19-11-16(25-14-26-19)13-24-23(29)21-12-20(27-28-21)18-5-3-4-6-22(18)31-2/h3-12,14H,13H2,1-2H3,(H,24,29)(H,27,28). The maximum atomic E-state index is 12.6. The van der Waals surface area contributed by atoms with Crippen molar-refractivity contribution in [2.45, 2.75) is 6.54 Å². The van der Waals surface area contributed by atoms with Gasteiger partial charge < -0.3 is 14.8 Å². The molecule has 2 N–H and O–H groups in total. The minimum absolute atomic E-state index is 0.257. The molecule has 0 aliphatic heterocycles. The summed E-state index contributed by atoms with van der Waals surface area (Å²) >= 11 is 0. The number of benzene rings is 2. The molecule has 156 valence electrons. The molecule has 0 unspecified atom stereocenters. The molecule has 0 atom stereocenters. The third-order valence-corrected chi connectivity index (χ3v) is 4.74. The fraction of sp³-hybridized carbons (Fsp3) is 0.130. The Kier molecular flexibility index (Phi) is 5.89. The van der Waals surface area contributed by atoms with Crippen LogP contribution < -0.4 is 14.8 Å². The average molecular weight is 415 g/mol. The zero-order valence-electron chi connectivity index (χ0n) is 17.1. The van der Waals surface area contributed by atoms with E-state index in [1.165, 1.54) is 6.33 Å². The lowest BCUT2D eigenvalue weighted by Gasteiger charge is -2.06. The lowest BCUT2D eigenvalue weighted by atomic mass is 10.1. The summed E-state index contributed by atoms with van der Waals surface area (Å²) < 4.78 is 10.5. The van der Waals surface area contributed by atoms with E-state index in [0.717, 1.165) is 22.6 Å².